The number of aliphatic hydroxyl groups excluding tert-OH is 1. The number of amides is 2. The summed E-state index contributed by atoms with van der Waals surface area (Å²) >= 11 is 0. The van der Waals surface area contributed by atoms with Gasteiger partial charge in [-0.2, -0.15) is 0 Å². The standard InChI is InChI=1S/C27H37N3O3/c1-3-15-30(16-4-2)27(33)23-11-7-10-22(18-23)26(32)28-14-12-25(31)20-29-17-13-21-8-5-6-9-24(21)19-29/h5-11,18,25,31H,3-4,12-17,19-20H2,1-2H3,(H,28,32). The number of nitrogens with zero attached hydrogens (tertiary/aromatic N) is 2. The van der Waals surface area contributed by atoms with Crippen LogP contribution >= 0.6 is 0 Å². The van der Waals surface area contributed by atoms with Crippen LogP contribution in [0, 0.1) is 0 Å². The number of β-amino-alcohol motifs (C(OH)–C–C–N with tert-alkyl or cyclic N) is 1. The largest absolute Gasteiger partial charge is 0.392 e. The van der Waals surface area contributed by atoms with Crippen molar-refractivity contribution in [1.82, 2.24) is 15.1 Å². The van der Waals surface area contributed by atoms with Gasteiger partial charge in [-0.15, -0.1) is 0 Å². The van der Waals surface area contributed by atoms with E-state index in [2.05, 4.69) is 48.3 Å². The molecule has 3 rings (SSSR count). The van der Waals surface area contributed by atoms with Gasteiger partial charge >= 0.3 is 0 Å². The maximum Gasteiger partial charge on any atom is 0.253 e. The molecule has 1 unspecified atom stereocenters. The molecule has 2 amide bonds. The molecule has 33 heavy (non-hydrogen) atoms. The summed E-state index contributed by atoms with van der Waals surface area (Å²) in [5.74, 6) is -0.256. The first-order valence-corrected chi connectivity index (χ1v) is 12.2. The zero-order valence-corrected chi connectivity index (χ0v) is 19.9. The molecule has 0 aromatic heterocycles. The molecule has 6 heteroatoms. The number of rotatable bonds is 11. The summed E-state index contributed by atoms with van der Waals surface area (Å²) in [5.41, 5.74) is 3.73. The quantitative estimate of drug-likeness (QED) is 0.549. The highest BCUT2D eigenvalue weighted by molar-refractivity contribution is 5.99. The summed E-state index contributed by atoms with van der Waals surface area (Å²) in [7, 11) is 0. The lowest BCUT2D eigenvalue weighted by atomic mass is 9.99. The van der Waals surface area contributed by atoms with E-state index in [9.17, 15) is 14.7 Å². The highest BCUT2D eigenvalue weighted by Gasteiger charge is 2.19. The molecule has 0 bridgehead atoms. The smallest absolute Gasteiger partial charge is 0.253 e. The van der Waals surface area contributed by atoms with E-state index in [1.54, 1.807) is 24.3 Å². The second kappa shape index (κ2) is 12.5. The van der Waals surface area contributed by atoms with E-state index in [4.69, 9.17) is 0 Å². The number of carbonyl (C=O) groups is 2. The lowest BCUT2D eigenvalue weighted by molar-refractivity contribution is 0.0755. The molecule has 2 aromatic carbocycles. The van der Waals surface area contributed by atoms with Crippen LogP contribution < -0.4 is 5.32 Å². The molecule has 2 N–H and O–H groups in total. The fraction of sp³-hybridized carbons (Fsp3) is 0.481. The molecule has 178 valence electrons. The van der Waals surface area contributed by atoms with Crippen molar-refractivity contribution in [3.8, 4) is 0 Å². The van der Waals surface area contributed by atoms with E-state index in [1.165, 1.54) is 11.1 Å². The number of hydrogen-bond acceptors (Lipinski definition) is 4. The van der Waals surface area contributed by atoms with E-state index < -0.39 is 6.10 Å². The van der Waals surface area contributed by atoms with Gasteiger partial charge in [0.25, 0.3) is 11.8 Å². The van der Waals surface area contributed by atoms with Gasteiger partial charge in [0.05, 0.1) is 6.10 Å². The average molecular weight is 452 g/mol. The van der Waals surface area contributed by atoms with Gasteiger partial charge in [0.15, 0.2) is 0 Å². The second-order valence-corrected chi connectivity index (χ2v) is 8.83. The summed E-state index contributed by atoms with van der Waals surface area (Å²) in [6.45, 7) is 8.31. The van der Waals surface area contributed by atoms with Gasteiger partial charge in [-0.1, -0.05) is 44.2 Å². The molecular weight excluding hydrogens is 414 g/mol. The maximum atomic E-state index is 12.8. The van der Waals surface area contributed by atoms with Crippen molar-refractivity contribution in [2.75, 3.05) is 32.7 Å². The number of benzene rings is 2. The van der Waals surface area contributed by atoms with Crippen LogP contribution in [-0.4, -0.2) is 65.5 Å². The van der Waals surface area contributed by atoms with Gasteiger partial charge in [0.2, 0.25) is 0 Å². The second-order valence-electron chi connectivity index (χ2n) is 8.83. The molecule has 0 saturated carbocycles. The average Bonchev–Trinajstić information content (AvgIpc) is 2.83. The third-order valence-electron chi connectivity index (χ3n) is 6.09. The van der Waals surface area contributed by atoms with Gasteiger partial charge in [0.1, 0.15) is 0 Å². The molecule has 0 fully saturated rings. The SMILES string of the molecule is CCCN(CCC)C(=O)c1cccc(C(=O)NCCC(O)CN2CCc3ccccc3C2)c1. The maximum absolute atomic E-state index is 12.8. The van der Waals surface area contributed by atoms with Gasteiger partial charge < -0.3 is 15.3 Å². The summed E-state index contributed by atoms with van der Waals surface area (Å²) in [5, 5.41) is 13.4. The molecule has 1 heterocycles. The van der Waals surface area contributed by atoms with Crippen LogP contribution in [0.25, 0.3) is 0 Å². The minimum Gasteiger partial charge on any atom is -0.392 e. The lowest BCUT2D eigenvalue weighted by Gasteiger charge is -2.30. The molecule has 1 aliphatic rings. The minimum atomic E-state index is -0.500. The van der Waals surface area contributed by atoms with E-state index in [1.807, 2.05) is 4.90 Å². The van der Waals surface area contributed by atoms with Crippen molar-refractivity contribution in [3.05, 3.63) is 70.8 Å². The van der Waals surface area contributed by atoms with Gasteiger partial charge in [0, 0.05) is 50.4 Å². The van der Waals surface area contributed by atoms with E-state index in [-0.39, 0.29) is 11.8 Å². The number of nitrogens with one attached hydrogen (secondary N) is 1. The Morgan fingerprint density at radius 3 is 2.45 bits per heavy atom. The van der Waals surface area contributed by atoms with Gasteiger partial charge in [-0.05, 0) is 55.0 Å². The van der Waals surface area contributed by atoms with Crippen LogP contribution in [-0.2, 0) is 13.0 Å². The molecular formula is C27H37N3O3. The lowest BCUT2D eigenvalue weighted by Crippen LogP contribution is -2.38. The Morgan fingerprint density at radius 1 is 1.03 bits per heavy atom. The van der Waals surface area contributed by atoms with Crippen LogP contribution in [0.5, 0.6) is 0 Å². The summed E-state index contributed by atoms with van der Waals surface area (Å²) in [6.07, 6.45) is 2.79. The number of fused-ring (bicyclic) bond motifs is 1. The normalized spacial score (nSPS) is 14.4. The van der Waals surface area contributed by atoms with Crippen molar-refractivity contribution in [3.63, 3.8) is 0 Å². The molecule has 0 spiro atoms. The third-order valence-corrected chi connectivity index (χ3v) is 6.09. The fourth-order valence-corrected chi connectivity index (χ4v) is 4.38. The molecule has 1 atom stereocenters. The predicted octanol–water partition coefficient (Wildman–Crippen LogP) is 3.49. The monoisotopic (exact) mass is 451 g/mol. The Kier molecular flexibility index (Phi) is 9.46. The number of hydrogen-bond donors (Lipinski definition) is 2. The first-order chi connectivity index (χ1) is 16.0. The Balaban J connectivity index is 1.47. The highest BCUT2D eigenvalue weighted by atomic mass is 16.3. The molecule has 0 saturated heterocycles. The Hall–Kier alpha value is -2.70. The molecule has 0 aliphatic carbocycles. The van der Waals surface area contributed by atoms with Crippen molar-refractivity contribution >= 4 is 11.8 Å². The van der Waals surface area contributed by atoms with E-state index in [0.29, 0.717) is 43.7 Å². The highest BCUT2D eigenvalue weighted by Crippen LogP contribution is 2.18. The van der Waals surface area contributed by atoms with Crippen molar-refractivity contribution < 1.29 is 14.7 Å². The first kappa shape index (κ1) is 24.9. The van der Waals surface area contributed by atoms with E-state index in [0.717, 1.165) is 32.4 Å². The minimum absolute atomic E-state index is 0.0353. The molecule has 0 radical (unpaired) electrons. The van der Waals surface area contributed by atoms with Gasteiger partial charge in [-0.25, -0.2) is 0 Å². The van der Waals surface area contributed by atoms with Crippen LogP contribution in [0.1, 0.15) is 65.0 Å². The van der Waals surface area contributed by atoms with Crippen LogP contribution in [0.2, 0.25) is 0 Å². The zero-order chi connectivity index (χ0) is 23.6. The molecule has 1 aliphatic heterocycles. The van der Waals surface area contributed by atoms with Crippen molar-refractivity contribution in [2.24, 2.45) is 0 Å². The topological polar surface area (TPSA) is 72.9 Å². The number of aliphatic hydroxyl groups is 1. The first-order valence-electron chi connectivity index (χ1n) is 12.2. The van der Waals surface area contributed by atoms with E-state index >= 15 is 0 Å². The summed E-state index contributed by atoms with van der Waals surface area (Å²) in [4.78, 5) is 29.6. The fourth-order valence-electron chi connectivity index (χ4n) is 4.38. The Bertz CT molecular complexity index is 924. The van der Waals surface area contributed by atoms with Crippen LogP contribution in [0.3, 0.4) is 0 Å². The van der Waals surface area contributed by atoms with Gasteiger partial charge in [-0.3, -0.25) is 14.5 Å². The predicted molar refractivity (Wildman–Crippen MR) is 131 cm³/mol. The van der Waals surface area contributed by atoms with Crippen molar-refractivity contribution in [1.29, 1.82) is 0 Å². The zero-order valence-electron chi connectivity index (χ0n) is 19.9. The third kappa shape index (κ3) is 7.14. The van der Waals surface area contributed by atoms with Crippen molar-refractivity contribution in [2.45, 2.75) is 52.2 Å². The summed E-state index contributed by atoms with van der Waals surface area (Å²) < 4.78 is 0. The number of carbonyl (C=O) groups excluding carboxylic acids is 2. The van der Waals surface area contributed by atoms with Crippen LogP contribution in [0.15, 0.2) is 48.5 Å². The Morgan fingerprint density at radius 2 is 1.73 bits per heavy atom. The van der Waals surface area contributed by atoms with Crippen LogP contribution in [0.4, 0.5) is 0 Å². The Labute approximate surface area is 197 Å². The molecule has 2 aromatic rings. The molecule has 6 nitrogen and oxygen atoms in total. The summed E-state index contributed by atoms with van der Waals surface area (Å²) in [6, 6.07) is 15.4.